The van der Waals surface area contributed by atoms with Crippen LogP contribution in [-0.4, -0.2) is 17.6 Å². The van der Waals surface area contributed by atoms with Crippen molar-refractivity contribution in [1.29, 1.82) is 0 Å². The van der Waals surface area contributed by atoms with Crippen LogP contribution in [0.3, 0.4) is 0 Å². The van der Waals surface area contributed by atoms with Crippen molar-refractivity contribution in [1.82, 2.24) is 4.98 Å². The average molecular weight is 216 g/mol. The van der Waals surface area contributed by atoms with E-state index in [2.05, 4.69) is 4.98 Å². The molecule has 2 rings (SSSR count). The van der Waals surface area contributed by atoms with Gasteiger partial charge in [0.2, 0.25) is 0 Å². The molecule has 1 aliphatic heterocycles. The summed E-state index contributed by atoms with van der Waals surface area (Å²) in [6, 6.07) is 2.89. The molecule has 2 heterocycles. The standard InChI is InChI=1S/C10H11F3N2/c1-7-4-5-15(7)9-3-2-8(6-14-9)10(11,12)13/h2-3,6-7H,4-5H2,1H3. The van der Waals surface area contributed by atoms with E-state index >= 15 is 0 Å². The van der Waals surface area contributed by atoms with E-state index in [0.29, 0.717) is 11.9 Å². The highest BCUT2D eigenvalue weighted by Crippen LogP contribution is 2.30. The zero-order chi connectivity index (χ0) is 11.1. The van der Waals surface area contributed by atoms with Crippen LogP contribution in [-0.2, 0) is 6.18 Å². The van der Waals surface area contributed by atoms with Gasteiger partial charge in [-0.05, 0) is 25.5 Å². The van der Waals surface area contributed by atoms with Gasteiger partial charge in [0.25, 0.3) is 0 Å². The van der Waals surface area contributed by atoms with Crippen LogP contribution < -0.4 is 4.90 Å². The monoisotopic (exact) mass is 216 g/mol. The van der Waals surface area contributed by atoms with Crippen LogP contribution in [0.4, 0.5) is 19.0 Å². The highest BCUT2D eigenvalue weighted by molar-refractivity contribution is 5.43. The lowest BCUT2D eigenvalue weighted by atomic mass is 10.1. The third kappa shape index (κ3) is 1.91. The summed E-state index contributed by atoms with van der Waals surface area (Å²) in [5, 5.41) is 0. The molecule has 0 radical (unpaired) electrons. The number of nitrogens with zero attached hydrogens (tertiary/aromatic N) is 2. The quantitative estimate of drug-likeness (QED) is 0.717. The topological polar surface area (TPSA) is 16.1 Å². The summed E-state index contributed by atoms with van der Waals surface area (Å²) in [6.07, 6.45) is -2.34. The van der Waals surface area contributed by atoms with Gasteiger partial charge in [-0.2, -0.15) is 13.2 Å². The summed E-state index contributed by atoms with van der Waals surface area (Å²) in [4.78, 5) is 5.81. The molecule has 2 nitrogen and oxygen atoms in total. The summed E-state index contributed by atoms with van der Waals surface area (Å²) < 4.78 is 36.7. The number of halogens is 3. The Kier molecular flexibility index (Phi) is 2.32. The summed E-state index contributed by atoms with van der Waals surface area (Å²) in [7, 11) is 0. The van der Waals surface area contributed by atoms with Crippen molar-refractivity contribution in [2.45, 2.75) is 25.6 Å². The van der Waals surface area contributed by atoms with E-state index in [1.54, 1.807) is 0 Å². The third-order valence-corrected chi connectivity index (χ3v) is 2.69. The summed E-state index contributed by atoms with van der Waals surface area (Å²) in [6.45, 7) is 2.91. The van der Waals surface area contributed by atoms with Gasteiger partial charge in [-0.25, -0.2) is 4.98 Å². The Morgan fingerprint density at radius 1 is 1.40 bits per heavy atom. The fourth-order valence-corrected chi connectivity index (χ4v) is 1.58. The molecule has 1 aliphatic rings. The van der Waals surface area contributed by atoms with Crippen LogP contribution in [0.1, 0.15) is 18.9 Å². The predicted molar refractivity (Wildman–Crippen MR) is 50.7 cm³/mol. The summed E-state index contributed by atoms with van der Waals surface area (Å²) >= 11 is 0. The van der Waals surface area contributed by atoms with Crippen molar-refractivity contribution in [2.24, 2.45) is 0 Å². The first-order valence-electron chi connectivity index (χ1n) is 4.78. The molecule has 0 N–H and O–H groups in total. The Bertz CT molecular complexity index is 345. The summed E-state index contributed by atoms with van der Waals surface area (Å²) in [5.41, 5.74) is -0.695. The maximum absolute atomic E-state index is 12.2. The maximum atomic E-state index is 12.2. The van der Waals surface area contributed by atoms with E-state index < -0.39 is 11.7 Å². The second-order valence-electron chi connectivity index (χ2n) is 3.73. The Hall–Kier alpha value is -1.26. The molecule has 82 valence electrons. The van der Waals surface area contributed by atoms with E-state index in [-0.39, 0.29) is 0 Å². The van der Waals surface area contributed by atoms with Crippen molar-refractivity contribution in [3.63, 3.8) is 0 Å². The molecule has 1 aromatic heterocycles. The third-order valence-electron chi connectivity index (χ3n) is 2.69. The molecule has 1 fully saturated rings. The Morgan fingerprint density at radius 2 is 2.13 bits per heavy atom. The van der Waals surface area contributed by atoms with Gasteiger partial charge < -0.3 is 4.90 Å². The van der Waals surface area contributed by atoms with Crippen LogP contribution >= 0.6 is 0 Å². The van der Waals surface area contributed by atoms with Crippen molar-refractivity contribution >= 4 is 5.82 Å². The molecule has 5 heteroatoms. The molecule has 0 spiro atoms. The minimum Gasteiger partial charge on any atom is -0.354 e. The molecule has 1 atom stereocenters. The molecular weight excluding hydrogens is 205 g/mol. The lowest BCUT2D eigenvalue weighted by Crippen LogP contribution is -2.46. The van der Waals surface area contributed by atoms with Crippen molar-refractivity contribution in [3.05, 3.63) is 23.9 Å². The van der Waals surface area contributed by atoms with Gasteiger partial charge in [-0.1, -0.05) is 0 Å². The van der Waals surface area contributed by atoms with E-state index in [1.807, 2.05) is 11.8 Å². The predicted octanol–water partition coefficient (Wildman–Crippen LogP) is 2.70. The van der Waals surface area contributed by atoms with E-state index in [1.165, 1.54) is 6.07 Å². The molecule has 0 aliphatic carbocycles. The smallest absolute Gasteiger partial charge is 0.354 e. The van der Waals surface area contributed by atoms with Gasteiger partial charge in [0.05, 0.1) is 5.56 Å². The van der Waals surface area contributed by atoms with Crippen molar-refractivity contribution in [3.8, 4) is 0 Å². The van der Waals surface area contributed by atoms with Gasteiger partial charge in [0.15, 0.2) is 0 Å². The van der Waals surface area contributed by atoms with Gasteiger partial charge >= 0.3 is 6.18 Å². The van der Waals surface area contributed by atoms with Crippen molar-refractivity contribution in [2.75, 3.05) is 11.4 Å². The van der Waals surface area contributed by atoms with Crippen LogP contribution in [0.25, 0.3) is 0 Å². The van der Waals surface area contributed by atoms with Gasteiger partial charge in [0.1, 0.15) is 5.82 Å². The van der Waals surface area contributed by atoms with Crippen LogP contribution in [0.5, 0.6) is 0 Å². The van der Waals surface area contributed by atoms with Gasteiger partial charge in [-0.3, -0.25) is 0 Å². The minimum atomic E-state index is -4.30. The van der Waals surface area contributed by atoms with E-state index in [0.717, 1.165) is 25.2 Å². The molecule has 15 heavy (non-hydrogen) atoms. The highest BCUT2D eigenvalue weighted by Gasteiger charge is 2.31. The summed E-state index contributed by atoms with van der Waals surface area (Å²) in [5.74, 6) is 0.627. The molecule has 1 unspecified atom stereocenters. The number of anilines is 1. The minimum absolute atomic E-state index is 0.384. The van der Waals surface area contributed by atoms with E-state index in [4.69, 9.17) is 0 Å². The van der Waals surface area contributed by atoms with Crippen LogP contribution in [0, 0.1) is 0 Å². The highest BCUT2D eigenvalue weighted by atomic mass is 19.4. The SMILES string of the molecule is CC1CCN1c1ccc(C(F)(F)F)cn1. The second kappa shape index (κ2) is 3.40. The fraction of sp³-hybridized carbons (Fsp3) is 0.500. The normalized spacial score (nSPS) is 21.3. The molecule has 1 aromatic rings. The lowest BCUT2D eigenvalue weighted by molar-refractivity contribution is -0.137. The fourth-order valence-electron chi connectivity index (χ4n) is 1.58. The first-order chi connectivity index (χ1) is 6.98. The number of pyridine rings is 1. The molecule has 0 amide bonds. The number of alkyl halides is 3. The zero-order valence-electron chi connectivity index (χ0n) is 8.25. The Morgan fingerprint density at radius 3 is 2.47 bits per heavy atom. The molecule has 0 bridgehead atoms. The second-order valence-corrected chi connectivity index (χ2v) is 3.73. The largest absolute Gasteiger partial charge is 0.417 e. The van der Waals surface area contributed by atoms with Crippen LogP contribution in [0.2, 0.25) is 0 Å². The van der Waals surface area contributed by atoms with Gasteiger partial charge in [0, 0.05) is 18.8 Å². The number of hydrogen-bond acceptors (Lipinski definition) is 2. The molecular formula is C10H11F3N2. The number of hydrogen-bond donors (Lipinski definition) is 0. The van der Waals surface area contributed by atoms with Crippen LogP contribution in [0.15, 0.2) is 18.3 Å². The lowest BCUT2D eigenvalue weighted by Gasteiger charge is -2.39. The van der Waals surface area contributed by atoms with Crippen molar-refractivity contribution < 1.29 is 13.2 Å². The number of rotatable bonds is 1. The molecule has 0 aromatic carbocycles. The average Bonchev–Trinajstić information content (AvgIpc) is 2.15. The maximum Gasteiger partial charge on any atom is 0.417 e. The first-order valence-corrected chi connectivity index (χ1v) is 4.78. The Balaban J connectivity index is 2.17. The van der Waals surface area contributed by atoms with E-state index in [9.17, 15) is 13.2 Å². The molecule has 1 saturated heterocycles. The first kappa shape index (κ1) is 10.3. The Labute approximate surface area is 85.7 Å². The van der Waals surface area contributed by atoms with Gasteiger partial charge in [-0.15, -0.1) is 0 Å². The zero-order valence-corrected chi connectivity index (χ0v) is 8.25. The number of aromatic nitrogens is 1. The molecule has 0 saturated carbocycles.